The number of ether oxygens (including phenoxy) is 1. The Hall–Kier alpha value is -2.63. The maximum Gasteiger partial charge on any atom is 0.163 e. The van der Waals surface area contributed by atoms with E-state index in [0.29, 0.717) is 6.04 Å². The summed E-state index contributed by atoms with van der Waals surface area (Å²) in [7, 11) is 3.63. The number of hydrogen-bond donors (Lipinski definition) is 0. The highest BCUT2D eigenvalue weighted by atomic mass is 16.5. The second kappa shape index (κ2) is 5.78. The van der Waals surface area contributed by atoms with Crippen LogP contribution in [0.2, 0.25) is 0 Å². The van der Waals surface area contributed by atoms with Gasteiger partial charge in [0.1, 0.15) is 17.4 Å². The van der Waals surface area contributed by atoms with E-state index in [1.54, 1.807) is 7.11 Å². The molecule has 0 spiro atoms. The quantitative estimate of drug-likeness (QED) is 0.741. The van der Waals surface area contributed by atoms with Gasteiger partial charge in [0.15, 0.2) is 5.65 Å². The first-order valence-corrected chi connectivity index (χ1v) is 8.24. The summed E-state index contributed by atoms with van der Waals surface area (Å²) in [6.45, 7) is 2.93. The largest absolute Gasteiger partial charge is 0.497 e. The van der Waals surface area contributed by atoms with Gasteiger partial charge in [-0.15, -0.1) is 0 Å². The van der Waals surface area contributed by atoms with Crippen LogP contribution in [0.25, 0.3) is 11.0 Å². The summed E-state index contributed by atoms with van der Waals surface area (Å²) >= 11 is 0. The van der Waals surface area contributed by atoms with E-state index >= 15 is 0 Å². The van der Waals surface area contributed by atoms with Crippen molar-refractivity contribution in [3.8, 4) is 5.75 Å². The van der Waals surface area contributed by atoms with Gasteiger partial charge >= 0.3 is 0 Å². The van der Waals surface area contributed by atoms with E-state index in [0.717, 1.165) is 47.8 Å². The first-order valence-electron chi connectivity index (χ1n) is 8.24. The third-order valence-electron chi connectivity index (χ3n) is 4.69. The van der Waals surface area contributed by atoms with Crippen molar-refractivity contribution in [2.24, 2.45) is 7.05 Å². The summed E-state index contributed by atoms with van der Waals surface area (Å²) < 4.78 is 7.20. The molecule has 6 nitrogen and oxygen atoms in total. The number of nitrogens with zero attached hydrogens (tertiary/aromatic N) is 5. The SMILES string of the molecule is COc1cccc(C2CCCN2c2nc(C)nc3c2cnn3C)c1. The van der Waals surface area contributed by atoms with Gasteiger partial charge in [-0.2, -0.15) is 5.10 Å². The number of anilines is 1. The Morgan fingerprint density at radius 3 is 2.96 bits per heavy atom. The summed E-state index contributed by atoms with van der Waals surface area (Å²) in [6, 6.07) is 8.63. The summed E-state index contributed by atoms with van der Waals surface area (Å²) in [5, 5.41) is 5.37. The Morgan fingerprint density at radius 2 is 2.12 bits per heavy atom. The molecular weight excluding hydrogens is 302 g/mol. The van der Waals surface area contributed by atoms with Crippen LogP contribution in [0.4, 0.5) is 5.82 Å². The molecule has 0 bridgehead atoms. The maximum absolute atomic E-state index is 5.39. The summed E-state index contributed by atoms with van der Waals surface area (Å²) in [5.41, 5.74) is 2.15. The van der Waals surface area contributed by atoms with Crippen LogP contribution >= 0.6 is 0 Å². The fourth-order valence-electron chi connectivity index (χ4n) is 3.55. The lowest BCUT2D eigenvalue weighted by molar-refractivity contribution is 0.414. The third kappa shape index (κ3) is 2.38. The highest BCUT2D eigenvalue weighted by molar-refractivity contribution is 5.87. The molecule has 1 aliphatic rings. The lowest BCUT2D eigenvalue weighted by atomic mass is 10.0. The van der Waals surface area contributed by atoms with Crippen LogP contribution < -0.4 is 9.64 Å². The minimum atomic E-state index is 0.304. The van der Waals surface area contributed by atoms with Crippen molar-refractivity contribution < 1.29 is 4.74 Å². The molecule has 0 aliphatic carbocycles. The molecule has 1 atom stereocenters. The maximum atomic E-state index is 5.39. The molecule has 4 rings (SSSR count). The fraction of sp³-hybridized carbons (Fsp3) is 0.389. The minimum Gasteiger partial charge on any atom is -0.497 e. The van der Waals surface area contributed by atoms with Crippen molar-refractivity contribution in [3.05, 3.63) is 41.9 Å². The lowest BCUT2D eigenvalue weighted by Crippen LogP contribution is -2.24. The Balaban J connectivity index is 1.80. The van der Waals surface area contributed by atoms with Crippen molar-refractivity contribution in [2.75, 3.05) is 18.6 Å². The van der Waals surface area contributed by atoms with Gasteiger partial charge in [0.2, 0.25) is 0 Å². The molecule has 2 aromatic heterocycles. The van der Waals surface area contributed by atoms with E-state index in [1.165, 1.54) is 5.56 Å². The van der Waals surface area contributed by atoms with Crippen LogP contribution in [-0.4, -0.2) is 33.4 Å². The van der Waals surface area contributed by atoms with E-state index in [1.807, 2.05) is 30.9 Å². The molecule has 3 heterocycles. The third-order valence-corrected chi connectivity index (χ3v) is 4.69. The number of hydrogen-bond acceptors (Lipinski definition) is 5. The monoisotopic (exact) mass is 323 g/mol. The molecule has 6 heteroatoms. The molecule has 1 aromatic carbocycles. The fourth-order valence-corrected chi connectivity index (χ4v) is 3.55. The second-order valence-corrected chi connectivity index (χ2v) is 6.23. The van der Waals surface area contributed by atoms with Crippen LogP contribution in [0.5, 0.6) is 5.75 Å². The molecule has 1 fully saturated rings. The standard InChI is InChI=1S/C18H21N5O/c1-12-20-17-15(11-19-22(17)2)18(21-12)23-9-5-8-16(23)13-6-4-7-14(10-13)24-3/h4,6-7,10-11,16H,5,8-9H2,1-3H3. The van der Waals surface area contributed by atoms with Gasteiger partial charge in [-0.25, -0.2) is 9.97 Å². The number of aryl methyl sites for hydroxylation is 2. The van der Waals surface area contributed by atoms with Crippen LogP contribution in [-0.2, 0) is 7.05 Å². The highest BCUT2D eigenvalue weighted by Gasteiger charge is 2.29. The van der Waals surface area contributed by atoms with E-state index < -0.39 is 0 Å². The number of aromatic nitrogens is 4. The Bertz CT molecular complexity index is 888. The number of fused-ring (bicyclic) bond motifs is 1. The molecular formula is C18H21N5O. The molecule has 3 aromatic rings. The zero-order chi connectivity index (χ0) is 16.7. The number of benzene rings is 1. The zero-order valence-electron chi connectivity index (χ0n) is 14.2. The van der Waals surface area contributed by atoms with Crippen molar-refractivity contribution in [1.29, 1.82) is 0 Å². The Labute approximate surface area is 141 Å². The van der Waals surface area contributed by atoms with E-state index in [2.05, 4.69) is 33.2 Å². The number of rotatable bonds is 3. The molecule has 1 saturated heterocycles. The van der Waals surface area contributed by atoms with Gasteiger partial charge in [0.05, 0.1) is 24.7 Å². The van der Waals surface area contributed by atoms with Crippen molar-refractivity contribution >= 4 is 16.9 Å². The second-order valence-electron chi connectivity index (χ2n) is 6.23. The molecule has 0 radical (unpaired) electrons. The topological polar surface area (TPSA) is 56.1 Å². The van der Waals surface area contributed by atoms with E-state index in [4.69, 9.17) is 9.72 Å². The molecule has 124 valence electrons. The zero-order valence-corrected chi connectivity index (χ0v) is 14.2. The number of methoxy groups -OCH3 is 1. The smallest absolute Gasteiger partial charge is 0.163 e. The van der Waals surface area contributed by atoms with Crippen molar-refractivity contribution in [2.45, 2.75) is 25.8 Å². The van der Waals surface area contributed by atoms with Crippen molar-refractivity contribution in [3.63, 3.8) is 0 Å². The first-order chi connectivity index (χ1) is 11.7. The first kappa shape index (κ1) is 14.9. The van der Waals surface area contributed by atoms with Gasteiger partial charge in [-0.3, -0.25) is 4.68 Å². The van der Waals surface area contributed by atoms with Gasteiger partial charge in [0.25, 0.3) is 0 Å². The summed E-state index contributed by atoms with van der Waals surface area (Å²) in [4.78, 5) is 11.7. The lowest BCUT2D eigenvalue weighted by Gasteiger charge is -2.27. The van der Waals surface area contributed by atoms with E-state index in [9.17, 15) is 0 Å². The molecule has 1 aliphatic heterocycles. The predicted octanol–water partition coefficient (Wildman–Crippen LogP) is 3.02. The van der Waals surface area contributed by atoms with Crippen molar-refractivity contribution in [1.82, 2.24) is 19.7 Å². The molecule has 1 unspecified atom stereocenters. The van der Waals surface area contributed by atoms with Crippen LogP contribution in [0.3, 0.4) is 0 Å². The summed E-state index contributed by atoms with van der Waals surface area (Å²) in [5.74, 6) is 2.65. The Morgan fingerprint density at radius 1 is 1.25 bits per heavy atom. The van der Waals surface area contributed by atoms with E-state index in [-0.39, 0.29) is 0 Å². The molecule has 0 amide bonds. The van der Waals surface area contributed by atoms with Crippen LogP contribution in [0.15, 0.2) is 30.5 Å². The minimum absolute atomic E-state index is 0.304. The average molecular weight is 323 g/mol. The van der Waals surface area contributed by atoms with Crippen LogP contribution in [0.1, 0.15) is 30.3 Å². The van der Waals surface area contributed by atoms with Gasteiger partial charge in [-0.1, -0.05) is 12.1 Å². The molecule has 0 N–H and O–H groups in total. The van der Waals surface area contributed by atoms with Gasteiger partial charge < -0.3 is 9.64 Å². The summed E-state index contributed by atoms with van der Waals surface area (Å²) in [6.07, 6.45) is 4.12. The highest BCUT2D eigenvalue weighted by Crippen LogP contribution is 2.38. The van der Waals surface area contributed by atoms with Crippen LogP contribution in [0, 0.1) is 6.92 Å². The average Bonchev–Trinajstić information content (AvgIpc) is 3.22. The predicted molar refractivity (Wildman–Crippen MR) is 93.4 cm³/mol. The molecule has 24 heavy (non-hydrogen) atoms. The van der Waals surface area contributed by atoms with Gasteiger partial charge in [0, 0.05) is 13.6 Å². The molecule has 0 saturated carbocycles. The Kier molecular flexibility index (Phi) is 3.59. The normalized spacial score (nSPS) is 17.6. The van der Waals surface area contributed by atoms with Gasteiger partial charge in [-0.05, 0) is 37.5 Å².